The summed E-state index contributed by atoms with van der Waals surface area (Å²) in [4.78, 5) is 12.5. The lowest BCUT2D eigenvalue weighted by atomic mass is 9.86. The zero-order chi connectivity index (χ0) is 17.3. The van der Waals surface area contributed by atoms with Gasteiger partial charge in [0, 0.05) is 22.5 Å². The number of aromatic nitrogens is 2. The van der Waals surface area contributed by atoms with Gasteiger partial charge in [-0.25, -0.2) is 4.52 Å². The quantitative estimate of drug-likeness (QED) is 0.764. The first kappa shape index (κ1) is 16.5. The first-order chi connectivity index (χ1) is 11.3. The van der Waals surface area contributed by atoms with Gasteiger partial charge in [-0.1, -0.05) is 44.5 Å². The summed E-state index contributed by atoms with van der Waals surface area (Å²) in [5.74, 6) is -0.0819. The standard InChI is InChI=1S/C19H20ClN3O/c1-19(2,3)15-8-7-14(20)11-16(15)22-18(24)10-13-12-21-23-9-5-4-6-17(13)23/h4-9,11-12H,10H2,1-3H3,(H,22,24). The molecule has 0 saturated heterocycles. The molecule has 5 heteroatoms. The van der Waals surface area contributed by atoms with Crippen LogP contribution in [0.15, 0.2) is 48.8 Å². The van der Waals surface area contributed by atoms with Gasteiger partial charge in [-0.2, -0.15) is 5.10 Å². The molecule has 3 aromatic rings. The average Bonchev–Trinajstić information content (AvgIpc) is 2.89. The van der Waals surface area contributed by atoms with Crippen LogP contribution in [-0.4, -0.2) is 15.5 Å². The fraction of sp³-hybridized carbons (Fsp3) is 0.263. The lowest BCUT2D eigenvalue weighted by Gasteiger charge is -2.23. The van der Waals surface area contributed by atoms with Crippen molar-refractivity contribution >= 4 is 28.7 Å². The Morgan fingerprint density at radius 3 is 2.79 bits per heavy atom. The van der Waals surface area contributed by atoms with Crippen LogP contribution in [0.2, 0.25) is 5.02 Å². The van der Waals surface area contributed by atoms with E-state index in [1.807, 2.05) is 36.5 Å². The van der Waals surface area contributed by atoms with E-state index < -0.39 is 0 Å². The van der Waals surface area contributed by atoms with Crippen molar-refractivity contribution in [2.24, 2.45) is 0 Å². The van der Waals surface area contributed by atoms with Gasteiger partial charge in [-0.15, -0.1) is 0 Å². The number of halogens is 1. The number of pyridine rings is 1. The largest absolute Gasteiger partial charge is 0.325 e. The summed E-state index contributed by atoms with van der Waals surface area (Å²) in [6.45, 7) is 6.32. The van der Waals surface area contributed by atoms with Crippen molar-refractivity contribution in [1.29, 1.82) is 0 Å². The number of nitrogens with zero attached hydrogens (tertiary/aromatic N) is 2. The van der Waals surface area contributed by atoms with Gasteiger partial charge < -0.3 is 5.32 Å². The number of benzene rings is 1. The van der Waals surface area contributed by atoms with Crippen LogP contribution in [0.4, 0.5) is 5.69 Å². The summed E-state index contributed by atoms with van der Waals surface area (Å²) in [7, 11) is 0. The molecule has 0 aliphatic carbocycles. The van der Waals surface area contributed by atoms with E-state index in [1.165, 1.54) is 0 Å². The molecule has 3 rings (SSSR count). The normalized spacial score (nSPS) is 11.7. The molecule has 4 nitrogen and oxygen atoms in total. The highest BCUT2D eigenvalue weighted by molar-refractivity contribution is 6.31. The Kier molecular flexibility index (Phi) is 4.33. The number of carbonyl (C=O) groups is 1. The highest BCUT2D eigenvalue weighted by atomic mass is 35.5. The first-order valence-electron chi connectivity index (χ1n) is 7.86. The molecule has 0 aliphatic rings. The third-order valence-corrected chi connectivity index (χ3v) is 4.16. The summed E-state index contributed by atoms with van der Waals surface area (Å²) >= 11 is 6.11. The van der Waals surface area contributed by atoms with Crippen LogP contribution in [-0.2, 0) is 16.6 Å². The summed E-state index contributed by atoms with van der Waals surface area (Å²) in [5.41, 5.74) is 3.57. The highest BCUT2D eigenvalue weighted by Gasteiger charge is 2.20. The molecule has 2 heterocycles. The van der Waals surface area contributed by atoms with Crippen molar-refractivity contribution in [2.75, 3.05) is 5.32 Å². The third-order valence-electron chi connectivity index (χ3n) is 3.92. The van der Waals surface area contributed by atoms with Crippen molar-refractivity contribution < 1.29 is 4.79 Å². The predicted octanol–water partition coefficient (Wildman–Crippen LogP) is 4.47. The Hall–Kier alpha value is -2.33. The van der Waals surface area contributed by atoms with E-state index in [0.29, 0.717) is 5.02 Å². The predicted molar refractivity (Wildman–Crippen MR) is 97.7 cm³/mol. The maximum atomic E-state index is 12.5. The van der Waals surface area contributed by atoms with Crippen molar-refractivity contribution in [3.63, 3.8) is 0 Å². The molecule has 1 aromatic carbocycles. The molecular weight excluding hydrogens is 322 g/mol. The van der Waals surface area contributed by atoms with Gasteiger partial charge in [0.2, 0.25) is 5.91 Å². The van der Waals surface area contributed by atoms with Gasteiger partial charge in [0.25, 0.3) is 0 Å². The minimum Gasteiger partial charge on any atom is -0.325 e. The molecule has 24 heavy (non-hydrogen) atoms. The van der Waals surface area contributed by atoms with Gasteiger partial charge in [-0.3, -0.25) is 4.79 Å². The van der Waals surface area contributed by atoms with Gasteiger partial charge in [0.15, 0.2) is 0 Å². The van der Waals surface area contributed by atoms with Crippen LogP contribution < -0.4 is 5.32 Å². The molecule has 0 radical (unpaired) electrons. The average molecular weight is 342 g/mol. The number of carbonyl (C=O) groups excluding carboxylic acids is 1. The number of hydrogen-bond donors (Lipinski definition) is 1. The van der Waals surface area contributed by atoms with E-state index in [9.17, 15) is 4.79 Å². The Balaban J connectivity index is 1.84. The Bertz CT molecular complexity index is 893. The second-order valence-corrected chi connectivity index (χ2v) is 7.30. The molecule has 0 fully saturated rings. The van der Waals surface area contributed by atoms with Crippen molar-refractivity contribution in [3.05, 3.63) is 64.9 Å². The van der Waals surface area contributed by atoms with Crippen molar-refractivity contribution in [1.82, 2.24) is 9.61 Å². The fourth-order valence-corrected chi connectivity index (χ4v) is 2.94. The maximum absolute atomic E-state index is 12.5. The Labute approximate surface area is 146 Å². The lowest BCUT2D eigenvalue weighted by Crippen LogP contribution is -2.20. The molecule has 0 bridgehead atoms. The van der Waals surface area contributed by atoms with Gasteiger partial charge in [0.05, 0.1) is 18.1 Å². The van der Waals surface area contributed by atoms with Crippen LogP contribution in [0.25, 0.3) is 5.52 Å². The smallest absolute Gasteiger partial charge is 0.228 e. The number of rotatable bonds is 3. The van der Waals surface area contributed by atoms with Crippen molar-refractivity contribution in [2.45, 2.75) is 32.6 Å². The molecule has 0 aliphatic heterocycles. The monoisotopic (exact) mass is 341 g/mol. The summed E-state index contributed by atoms with van der Waals surface area (Å²) in [6, 6.07) is 11.4. The molecule has 2 aromatic heterocycles. The van der Waals surface area contributed by atoms with Gasteiger partial charge in [-0.05, 0) is 35.2 Å². The van der Waals surface area contributed by atoms with Gasteiger partial charge in [0.1, 0.15) is 0 Å². The van der Waals surface area contributed by atoms with E-state index >= 15 is 0 Å². The Morgan fingerprint density at radius 2 is 2.04 bits per heavy atom. The molecule has 124 valence electrons. The molecule has 0 saturated carbocycles. The number of nitrogens with one attached hydrogen (secondary N) is 1. The van der Waals surface area contributed by atoms with E-state index in [2.05, 4.69) is 31.2 Å². The number of fused-ring (bicyclic) bond motifs is 1. The van der Waals surface area contributed by atoms with Crippen LogP contribution in [0, 0.1) is 0 Å². The Morgan fingerprint density at radius 1 is 1.25 bits per heavy atom. The number of anilines is 1. The minimum atomic E-state index is -0.0857. The van der Waals surface area contributed by atoms with E-state index in [-0.39, 0.29) is 17.7 Å². The second-order valence-electron chi connectivity index (χ2n) is 6.87. The molecule has 1 amide bonds. The minimum absolute atomic E-state index is 0.0819. The molecule has 1 N–H and O–H groups in total. The highest BCUT2D eigenvalue weighted by Crippen LogP contribution is 2.31. The third kappa shape index (κ3) is 3.44. The van der Waals surface area contributed by atoms with Crippen LogP contribution in [0.1, 0.15) is 31.9 Å². The van der Waals surface area contributed by atoms with Crippen LogP contribution in [0.3, 0.4) is 0 Å². The number of hydrogen-bond acceptors (Lipinski definition) is 2. The van der Waals surface area contributed by atoms with E-state index in [4.69, 9.17) is 11.6 Å². The second kappa shape index (κ2) is 6.29. The van der Waals surface area contributed by atoms with E-state index in [1.54, 1.807) is 16.8 Å². The van der Waals surface area contributed by atoms with E-state index in [0.717, 1.165) is 22.3 Å². The maximum Gasteiger partial charge on any atom is 0.228 e. The zero-order valence-corrected chi connectivity index (χ0v) is 14.8. The molecule has 0 spiro atoms. The number of amides is 1. The molecule has 0 unspecified atom stereocenters. The summed E-state index contributed by atoms with van der Waals surface area (Å²) < 4.78 is 1.77. The molecular formula is C19H20ClN3O. The van der Waals surface area contributed by atoms with Crippen LogP contribution in [0.5, 0.6) is 0 Å². The van der Waals surface area contributed by atoms with Crippen LogP contribution >= 0.6 is 11.6 Å². The van der Waals surface area contributed by atoms with Crippen molar-refractivity contribution in [3.8, 4) is 0 Å². The lowest BCUT2D eigenvalue weighted by molar-refractivity contribution is -0.115. The fourth-order valence-electron chi connectivity index (χ4n) is 2.76. The SMILES string of the molecule is CC(C)(C)c1ccc(Cl)cc1NC(=O)Cc1cnn2ccccc12. The zero-order valence-electron chi connectivity index (χ0n) is 14.0. The van der Waals surface area contributed by atoms with Gasteiger partial charge >= 0.3 is 0 Å². The molecule has 0 atom stereocenters. The summed E-state index contributed by atoms with van der Waals surface area (Å²) in [5, 5.41) is 7.87. The first-order valence-corrected chi connectivity index (χ1v) is 8.23. The summed E-state index contributed by atoms with van der Waals surface area (Å²) in [6.07, 6.45) is 3.87. The topological polar surface area (TPSA) is 46.4 Å².